The number of hydrogen-bond donors (Lipinski definition) is 1. The van der Waals surface area contributed by atoms with Crippen LogP contribution in [0.25, 0.3) is 0 Å². The molecule has 0 aromatic carbocycles. The van der Waals surface area contributed by atoms with Crippen molar-refractivity contribution < 1.29 is 4.42 Å². The average molecular weight is 261 g/mol. The Morgan fingerprint density at radius 3 is 2.58 bits per heavy atom. The number of rotatable bonds is 4. The van der Waals surface area contributed by atoms with Crippen LogP contribution < -0.4 is 5.32 Å². The van der Waals surface area contributed by atoms with Crippen LogP contribution in [0.2, 0.25) is 0 Å². The zero-order valence-corrected chi connectivity index (χ0v) is 12.5. The molecule has 0 spiro atoms. The first-order valence-electron chi connectivity index (χ1n) is 7.96. The Morgan fingerprint density at radius 1 is 1.16 bits per heavy atom. The van der Waals surface area contributed by atoms with Crippen LogP contribution in [0.15, 0.2) is 10.5 Å². The fourth-order valence-electron chi connectivity index (χ4n) is 3.90. The highest BCUT2D eigenvalue weighted by Gasteiger charge is 2.35. The molecule has 1 aromatic heterocycles. The largest absolute Gasteiger partial charge is 0.466 e. The van der Waals surface area contributed by atoms with Gasteiger partial charge >= 0.3 is 0 Å². The highest BCUT2D eigenvalue weighted by molar-refractivity contribution is 5.23. The monoisotopic (exact) mass is 261 g/mol. The number of nitrogens with one attached hydrogen (secondary N) is 1. The Hall–Kier alpha value is -0.760. The van der Waals surface area contributed by atoms with Gasteiger partial charge in [0.05, 0.1) is 0 Å². The van der Waals surface area contributed by atoms with Gasteiger partial charge in [0.2, 0.25) is 0 Å². The van der Waals surface area contributed by atoms with Crippen LogP contribution in [-0.2, 0) is 0 Å². The quantitative estimate of drug-likeness (QED) is 0.862. The second kappa shape index (κ2) is 5.32. The topological polar surface area (TPSA) is 25.2 Å². The van der Waals surface area contributed by atoms with Crippen molar-refractivity contribution in [2.75, 3.05) is 0 Å². The van der Waals surface area contributed by atoms with Crippen molar-refractivity contribution in [3.63, 3.8) is 0 Å². The van der Waals surface area contributed by atoms with Crippen molar-refractivity contribution in [3.05, 3.63) is 23.2 Å². The van der Waals surface area contributed by atoms with Gasteiger partial charge in [0.25, 0.3) is 0 Å². The van der Waals surface area contributed by atoms with Crippen molar-refractivity contribution in [1.29, 1.82) is 0 Å². The van der Waals surface area contributed by atoms with Gasteiger partial charge in [-0.05, 0) is 64.4 Å². The van der Waals surface area contributed by atoms with Gasteiger partial charge in [-0.2, -0.15) is 0 Å². The van der Waals surface area contributed by atoms with E-state index in [4.69, 9.17) is 4.42 Å². The lowest BCUT2D eigenvalue weighted by molar-refractivity contribution is 0.249. The van der Waals surface area contributed by atoms with E-state index in [2.05, 4.69) is 25.2 Å². The first kappa shape index (κ1) is 13.2. The van der Waals surface area contributed by atoms with Crippen LogP contribution in [-0.4, -0.2) is 6.04 Å². The standard InChI is InChI=1S/C17H27NO/c1-11-9-17(13(3)19-11)12(2)18-16-6-4-5-15(10-16)14-7-8-14/h9,12,14-16,18H,4-8,10H2,1-3H3. The average Bonchev–Trinajstić information content (AvgIpc) is 3.15. The fourth-order valence-corrected chi connectivity index (χ4v) is 3.90. The molecule has 3 atom stereocenters. The molecule has 3 unspecified atom stereocenters. The van der Waals surface area contributed by atoms with Crippen molar-refractivity contribution in [3.8, 4) is 0 Å². The van der Waals surface area contributed by atoms with Gasteiger partial charge in [0, 0.05) is 17.6 Å². The van der Waals surface area contributed by atoms with Crippen molar-refractivity contribution in [2.24, 2.45) is 11.8 Å². The smallest absolute Gasteiger partial charge is 0.105 e. The van der Waals surface area contributed by atoms with Crippen molar-refractivity contribution in [2.45, 2.75) is 71.4 Å². The summed E-state index contributed by atoms with van der Waals surface area (Å²) in [5, 5.41) is 3.84. The minimum Gasteiger partial charge on any atom is -0.466 e. The van der Waals surface area contributed by atoms with Gasteiger partial charge in [-0.25, -0.2) is 0 Å². The van der Waals surface area contributed by atoms with E-state index in [0.29, 0.717) is 12.1 Å². The lowest BCUT2D eigenvalue weighted by atomic mass is 9.82. The molecule has 1 aromatic rings. The summed E-state index contributed by atoms with van der Waals surface area (Å²) in [6.45, 7) is 6.39. The third-order valence-corrected chi connectivity index (χ3v) is 5.04. The van der Waals surface area contributed by atoms with E-state index in [0.717, 1.165) is 23.4 Å². The molecule has 2 aliphatic rings. The molecule has 2 aliphatic carbocycles. The minimum atomic E-state index is 0.417. The van der Waals surface area contributed by atoms with E-state index in [1.165, 1.54) is 44.1 Å². The molecular formula is C17H27NO. The van der Waals surface area contributed by atoms with Crippen molar-refractivity contribution >= 4 is 0 Å². The first-order valence-corrected chi connectivity index (χ1v) is 7.96. The summed E-state index contributed by atoms with van der Waals surface area (Å²) in [5.74, 6) is 4.18. The molecule has 106 valence electrons. The summed E-state index contributed by atoms with van der Waals surface area (Å²) < 4.78 is 5.65. The third-order valence-electron chi connectivity index (χ3n) is 5.04. The summed E-state index contributed by atoms with van der Waals surface area (Å²) in [6.07, 6.45) is 8.62. The molecule has 2 fully saturated rings. The Kier molecular flexibility index (Phi) is 3.70. The van der Waals surface area contributed by atoms with E-state index in [9.17, 15) is 0 Å². The second-order valence-corrected chi connectivity index (χ2v) is 6.72. The van der Waals surface area contributed by atoms with Crippen LogP contribution in [0.3, 0.4) is 0 Å². The molecule has 0 radical (unpaired) electrons. The van der Waals surface area contributed by atoms with Crippen LogP contribution in [0, 0.1) is 25.7 Å². The highest BCUT2D eigenvalue weighted by atomic mass is 16.3. The van der Waals surface area contributed by atoms with Gasteiger partial charge in [-0.1, -0.05) is 12.8 Å². The Balaban J connectivity index is 1.59. The summed E-state index contributed by atoms with van der Waals surface area (Å²) >= 11 is 0. The summed E-state index contributed by atoms with van der Waals surface area (Å²) in [5.41, 5.74) is 1.34. The maximum Gasteiger partial charge on any atom is 0.105 e. The molecule has 2 saturated carbocycles. The maximum atomic E-state index is 5.65. The van der Waals surface area contributed by atoms with Gasteiger partial charge in [-0.3, -0.25) is 0 Å². The Bertz CT molecular complexity index is 432. The summed E-state index contributed by atoms with van der Waals surface area (Å²) in [4.78, 5) is 0. The summed E-state index contributed by atoms with van der Waals surface area (Å²) in [7, 11) is 0. The van der Waals surface area contributed by atoms with E-state index >= 15 is 0 Å². The van der Waals surface area contributed by atoms with E-state index < -0.39 is 0 Å². The Morgan fingerprint density at radius 2 is 1.95 bits per heavy atom. The molecule has 0 aliphatic heterocycles. The van der Waals surface area contributed by atoms with Gasteiger partial charge in [-0.15, -0.1) is 0 Å². The third kappa shape index (κ3) is 3.05. The zero-order valence-electron chi connectivity index (χ0n) is 12.5. The molecule has 19 heavy (non-hydrogen) atoms. The van der Waals surface area contributed by atoms with E-state index in [1.54, 1.807) is 0 Å². The number of aryl methyl sites for hydroxylation is 2. The molecular weight excluding hydrogens is 234 g/mol. The molecule has 3 rings (SSSR count). The van der Waals surface area contributed by atoms with Gasteiger partial charge in [0.15, 0.2) is 0 Å². The Labute approximate surface area is 117 Å². The molecule has 0 amide bonds. The van der Waals surface area contributed by atoms with Gasteiger partial charge < -0.3 is 9.73 Å². The number of furan rings is 1. The van der Waals surface area contributed by atoms with Gasteiger partial charge in [0.1, 0.15) is 11.5 Å². The maximum absolute atomic E-state index is 5.65. The molecule has 1 N–H and O–H groups in total. The zero-order chi connectivity index (χ0) is 13.4. The van der Waals surface area contributed by atoms with E-state index in [1.807, 2.05) is 6.92 Å². The normalized spacial score (nSPS) is 29.4. The molecule has 0 saturated heterocycles. The van der Waals surface area contributed by atoms with Crippen LogP contribution in [0.1, 0.15) is 68.6 Å². The lowest BCUT2D eigenvalue weighted by Gasteiger charge is -2.32. The molecule has 2 heteroatoms. The van der Waals surface area contributed by atoms with Crippen LogP contribution >= 0.6 is 0 Å². The van der Waals surface area contributed by atoms with Crippen LogP contribution in [0.5, 0.6) is 0 Å². The number of hydrogen-bond acceptors (Lipinski definition) is 2. The minimum absolute atomic E-state index is 0.417. The first-order chi connectivity index (χ1) is 9.13. The van der Waals surface area contributed by atoms with Crippen LogP contribution in [0.4, 0.5) is 0 Å². The highest BCUT2D eigenvalue weighted by Crippen LogP contribution is 2.44. The predicted octanol–water partition coefficient (Wildman–Crippen LogP) is 4.52. The second-order valence-electron chi connectivity index (χ2n) is 6.72. The van der Waals surface area contributed by atoms with E-state index in [-0.39, 0.29) is 0 Å². The lowest BCUT2D eigenvalue weighted by Crippen LogP contribution is -2.36. The fraction of sp³-hybridized carbons (Fsp3) is 0.765. The molecule has 2 nitrogen and oxygen atoms in total. The molecule has 0 bridgehead atoms. The predicted molar refractivity (Wildman–Crippen MR) is 78.2 cm³/mol. The molecule has 1 heterocycles. The van der Waals surface area contributed by atoms with Crippen molar-refractivity contribution in [1.82, 2.24) is 5.32 Å². The SMILES string of the molecule is Cc1cc(C(C)NC2CCCC(C3CC3)C2)c(C)o1. The summed E-state index contributed by atoms with van der Waals surface area (Å²) in [6, 6.07) is 3.32.